The Hall–Kier alpha value is -1.22. The SMILES string of the molecule is CC1CCCC(NC(=O)c2cccc(Cl)c2N)CC1. The van der Waals surface area contributed by atoms with E-state index in [-0.39, 0.29) is 11.9 Å². The normalized spacial score (nSPS) is 23.7. The van der Waals surface area contributed by atoms with E-state index in [1.165, 1.54) is 19.3 Å². The first-order valence-electron chi connectivity index (χ1n) is 6.92. The topological polar surface area (TPSA) is 55.1 Å². The first-order valence-corrected chi connectivity index (χ1v) is 7.30. The van der Waals surface area contributed by atoms with Crippen molar-refractivity contribution in [2.45, 2.75) is 45.1 Å². The number of nitrogens with one attached hydrogen (secondary N) is 1. The van der Waals surface area contributed by atoms with Crippen LogP contribution in [0.25, 0.3) is 0 Å². The highest BCUT2D eigenvalue weighted by molar-refractivity contribution is 6.33. The van der Waals surface area contributed by atoms with Crippen molar-refractivity contribution in [1.82, 2.24) is 5.32 Å². The molecule has 1 aliphatic carbocycles. The van der Waals surface area contributed by atoms with Gasteiger partial charge in [0.2, 0.25) is 0 Å². The van der Waals surface area contributed by atoms with Crippen molar-refractivity contribution < 1.29 is 4.79 Å². The molecule has 1 aromatic rings. The number of rotatable bonds is 2. The van der Waals surface area contributed by atoms with Crippen LogP contribution < -0.4 is 11.1 Å². The van der Waals surface area contributed by atoms with Crippen LogP contribution in [-0.2, 0) is 0 Å². The van der Waals surface area contributed by atoms with E-state index in [4.69, 9.17) is 17.3 Å². The van der Waals surface area contributed by atoms with Crippen molar-refractivity contribution in [3.8, 4) is 0 Å². The molecule has 104 valence electrons. The van der Waals surface area contributed by atoms with Gasteiger partial charge >= 0.3 is 0 Å². The number of carbonyl (C=O) groups is 1. The highest BCUT2D eigenvalue weighted by Gasteiger charge is 2.19. The van der Waals surface area contributed by atoms with Crippen LogP contribution in [0, 0.1) is 5.92 Å². The Bertz CT molecular complexity index is 461. The summed E-state index contributed by atoms with van der Waals surface area (Å²) in [6.07, 6.45) is 5.71. The molecule has 3 N–H and O–H groups in total. The molecule has 0 heterocycles. The second-order valence-electron chi connectivity index (χ2n) is 5.48. The van der Waals surface area contributed by atoms with Gasteiger partial charge in [-0.1, -0.05) is 37.4 Å². The summed E-state index contributed by atoms with van der Waals surface area (Å²) in [4.78, 5) is 12.2. The number of halogens is 1. The molecule has 2 rings (SSSR count). The van der Waals surface area contributed by atoms with Gasteiger partial charge in [-0.25, -0.2) is 0 Å². The highest BCUT2D eigenvalue weighted by atomic mass is 35.5. The predicted octanol–water partition coefficient (Wildman–Crippen LogP) is 3.62. The van der Waals surface area contributed by atoms with Gasteiger partial charge in [0.1, 0.15) is 0 Å². The van der Waals surface area contributed by atoms with E-state index >= 15 is 0 Å². The predicted molar refractivity (Wildman–Crippen MR) is 79.4 cm³/mol. The lowest BCUT2D eigenvalue weighted by Gasteiger charge is -2.17. The van der Waals surface area contributed by atoms with E-state index in [2.05, 4.69) is 12.2 Å². The van der Waals surface area contributed by atoms with Crippen LogP contribution in [0.4, 0.5) is 5.69 Å². The molecule has 1 fully saturated rings. The van der Waals surface area contributed by atoms with Crippen molar-refractivity contribution in [2.75, 3.05) is 5.73 Å². The van der Waals surface area contributed by atoms with Crippen molar-refractivity contribution in [2.24, 2.45) is 5.92 Å². The fourth-order valence-electron chi connectivity index (χ4n) is 2.63. The zero-order valence-electron chi connectivity index (χ0n) is 11.3. The number of amides is 1. The van der Waals surface area contributed by atoms with Gasteiger partial charge in [-0.2, -0.15) is 0 Å². The van der Waals surface area contributed by atoms with Crippen LogP contribution in [0.1, 0.15) is 49.4 Å². The van der Waals surface area contributed by atoms with Gasteiger partial charge in [0.25, 0.3) is 5.91 Å². The Balaban J connectivity index is 2.02. The summed E-state index contributed by atoms with van der Waals surface area (Å²) in [6, 6.07) is 5.43. The van der Waals surface area contributed by atoms with Crippen LogP contribution in [0.3, 0.4) is 0 Å². The first-order chi connectivity index (χ1) is 9.08. The van der Waals surface area contributed by atoms with Crippen molar-refractivity contribution in [3.63, 3.8) is 0 Å². The minimum Gasteiger partial charge on any atom is -0.397 e. The van der Waals surface area contributed by atoms with Gasteiger partial charge in [-0.3, -0.25) is 4.79 Å². The van der Waals surface area contributed by atoms with E-state index in [9.17, 15) is 4.79 Å². The van der Waals surface area contributed by atoms with Gasteiger partial charge in [-0.15, -0.1) is 0 Å². The number of para-hydroxylation sites is 1. The van der Waals surface area contributed by atoms with Crippen molar-refractivity contribution in [1.29, 1.82) is 0 Å². The Morgan fingerprint density at radius 3 is 2.89 bits per heavy atom. The molecular formula is C15H21ClN2O. The van der Waals surface area contributed by atoms with E-state index in [1.54, 1.807) is 18.2 Å². The third-order valence-electron chi connectivity index (χ3n) is 3.89. The Kier molecular flexibility index (Phi) is 4.70. The molecule has 0 saturated heterocycles. The zero-order valence-corrected chi connectivity index (χ0v) is 12.0. The third kappa shape index (κ3) is 3.63. The summed E-state index contributed by atoms with van der Waals surface area (Å²) in [7, 11) is 0. The number of hydrogen-bond acceptors (Lipinski definition) is 2. The lowest BCUT2D eigenvalue weighted by molar-refractivity contribution is 0.0934. The second kappa shape index (κ2) is 6.29. The van der Waals surface area contributed by atoms with Gasteiger partial charge in [0, 0.05) is 6.04 Å². The molecule has 3 nitrogen and oxygen atoms in total. The summed E-state index contributed by atoms with van der Waals surface area (Å²) in [6.45, 7) is 2.28. The number of nitrogens with two attached hydrogens (primary N) is 1. The number of hydrogen-bond donors (Lipinski definition) is 2. The van der Waals surface area contributed by atoms with Crippen LogP contribution >= 0.6 is 11.6 Å². The van der Waals surface area contributed by atoms with Crippen LogP contribution in [0.5, 0.6) is 0 Å². The molecule has 2 atom stereocenters. The third-order valence-corrected chi connectivity index (χ3v) is 4.22. The monoisotopic (exact) mass is 280 g/mol. The minimum absolute atomic E-state index is 0.112. The number of anilines is 1. The second-order valence-corrected chi connectivity index (χ2v) is 5.89. The molecule has 1 saturated carbocycles. The Labute approximate surface area is 119 Å². The largest absolute Gasteiger partial charge is 0.397 e. The zero-order chi connectivity index (χ0) is 13.8. The van der Waals surface area contributed by atoms with Gasteiger partial charge in [0.05, 0.1) is 16.3 Å². The van der Waals surface area contributed by atoms with E-state index in [1.807, 2.05) is 0 Å². The maximum atomic E-state index is 12.2. The van der Waals surface area contributed by atoms with Gasteiger partial charge < -0.3 is 11.1 Å². The number of nitrogen functional groups attached to an aromatic ring is 1. The molecule has 0 radical (unpaired) electrons. The average Bonchev–Trinajstić information content (AvgIpc) is 2.58. The molecule has 1 aliphatic rings. The molecule has 0 bridgehead atoms. The maximum Gasteiger partial charge on any atom is 0.253 e. The summed E-state index contributed by atoms with van der Waals surface area (Å²) in [5.74, 6) is 0.651. The van der Waals surface area contributed by atoms with E-state index in [0.29, 0.717) is 16.3 Å². The fraction of sp³-hybridized carbons (Fsp3) is 0.533. The molecular weight excluding hydrogens is 260 g/mol. The van der Waals surface area contributed by atoms with Crippen molar-refractivity contribution >= 4 is 23.2 Å². The quantitative estimate of drug-likeness (QED) is 0.642. The summed E-state index contributed by atoms with van der Waals surface area (Å²) >= 11 is 5.94. The molecule has 0 aromatic heterocycles. The van der Waals surface area contributed by atoms with Crippen LogP contribution in [-0.4, -0.2) is 11.9 Å². The van der Waals surface area contributed by atoms with Crippen molar-refractivity contribution in [3.05, 3.63) is 28.8 Å². The van der Waals surface area contributed by atoms with Gasteiger partial charge in [0.15, 0.2) is 0 Å². The fourth-order valence-corrected chi connectivity index (χ4v) is 2.80. The smallest absolute Gasteiger partial charge is 0.253 e. The molecule has 2 unspecified atom stereocenters. The maximum absolute atomic E-state index is 12.2. The first kappa shape index (κ1) is 14.2. The Morgan fingerprint density at radius 2 is 2.11 bits per heavy atom. The van der Waals surface area contributed by atoms with Crippen LogP contribution in [0.15, 0.2) is 18.2 Å². The lowest BCUT2D eigenvalue weighted by Crippen LogP contribution is -2.34. The highest BCUT2D eigenvalue weighted by Crippen LogP contribution is 2.25. The lowest BCUT2D eigenvalue weighted by atomic mass is 10.0. The number of carbonyl (C=O) groups excluding carboxylic acids is 1. The molecule has 1 aromatic carbocycles. The molecule has 4 heteroatoms. The van der Waals surface area contributed by atoms with Gasteiger partial charge in [-0.05, 0) is 37.3 Å². The standard InChI is InChI=1S/C15H21ClN2O/c1-10-4-2-5-11(9-8-10)18-15(19)12-6-3-7-13(16)14(12)17/h3,6-7,10-11H,2,4-5,8-9,17H2,1H3,(H,18,19). The summed E-state index contributed by atoms with van der Waals surface area (Å²) in [5, 5.41) is 3.52. The average molecular weight is 281 g/mol. The minimum atomic E-state index is -0.112. The molecule has 19 heavy (non-hydrogen) atoms. The Morgan fingerprint density at radius 1 is 1.32 bits per heavy atom. The van der Waals surface area contributed by atoms with Crippen LogP contribution in [0.2, 0.25) is 5.02 Å². The summed E-state index contributed by atoms with van der Waals surface area (Å²) < 4.78 is 0. The van der Waals surface area contributed by atoms with E-state index < -0.39 is 0 Å². The van der Waals surface area contributed by atoms with E-state index in [0.717, 1.165) is 18.8 Å². The molecule has 0 aliphatic heterocycles. The number of benzene rings is 1. The molecule has 1 amide bonds. The summed E-state index contributed by atoms with van der Waals surface area (Å²) in [5.41, 5.74) is 6.69. The molecule has 0 spiro atoms.